The highest BCUT2D eigenvalue weighted by Gasteiger charge is 2.09. The molecular formula is C17H29NO. The lowest BCUT2D eigenvalue weighted by Crippen LogP contribution is -2.32. The zero-order valence-electron chi connectivity index (χ0n) is 13.1. The maximum atomic E-state index is 5.43. The number of hydrogen-bond acceptors (Lipinski definition) is 2. The van der Waals surface area contributed by atoms with E-state index in [1.54, 1.807) is 0 Å². The molecule has 0 radical (unpaired) electrons. The standard InChI is InChI=1S/C17H29NO/c1-6-19-12-14(4)18-15(5)17-9-7-16(8-10-17)11-13(2)3/h7-10,13-15,18H,6,11-12H2,1-5H3. The van der Waals surface area contributed by atoms with Crippen molar-refractivity contribution in [3.8, 4) is 0 Å². The summed E-state index contributed by atoms with van der Waals surface area (Å²) in [5, 5.41) is 3.57. The third kappa shape index (κ3) is 6.22. The fraction of sp³-hybridized carbons (Fsp3) is 0.647. The van der Waals surface area contributed by atoms with Gasteiger partial charge >= 0.3 is 0 Å². The molecule has 2 nitrogen and oxygen atoms in total. The molecule has 0 aliphatic heterocycles. The molecule has 0 saturated heterocycles. The Kier molecular flexibility index (Phi) is 7.11. The molecule has 0 bridgehead atoms. The summed E-state index contributed by atoms with van der Waals surface area (Å²) in [7, 11) is 0. The van der Waals surface area contributed by atoms with Crippen molar-refractivity contribution in [1.29, 1.82) is 0 Å². The first kappa shape index (κ1) is 16.2. The van der Waals surface area contributed by atoms with Gasteiger partial charge in [0.05, 0.1) is 6.61 Å². The lowest BCUT2D eigenvalue weighted by Gasteiger charge is -2.20. The lowest BCUT2D eigenvalue weighted by atomic mass is 10.00. The molecule has 108 valence electrons. The second kappa shape index (κ2) is 8.34. The maximum absolute atomic E-state index is 5.43. The molecule has 2 atom stereocenters. The van der Waals surface area contributed by atoms with Crippen molar-refractivity contribution in [3.63, 3.8) is 0 Å². The van der Waals surface area contributed by atoms with E-state index in [1.807, 2.05) is 6.92 Å². The topological polar surface area (TPSA) is 21.3 Å². The summed E-state index contributed by atoms with van der Waals surface area (Å²) in [6.45, 7) is 12.5. The van der Waals surface area contributed by atoms with Crippen molar-refractivity contribution in [1.82, 2.24) is 5.32 Å². The van der Waals surface area contributed by atoms with Crippen molar-refractivity contribution >= 4 is 0 Å². The van der Waals surface area contributed by atoms with Gasteiger partial charge < -0.3 is 10.1 Å². The van der Waals surface area contributed by atoms with Gasteiger partial charge in [0, 0.05) is 18.7 Å². The van der Waals surface area contributed by atoms with Crippen molar-refractivity contribution in [2.75, 3.05) is 13.2 Å². The molecular weight excluding hydrogens is 234 g/mol. The predicted molar refractivity (Wildman–Crippen MR) is 82.5 cm³/mol. The molecule has 1 rings (SSSR count). The number of rotatable bonds is 8. The van der Waals surface area contributed by atoms with Gasteiger partial charge in [-0.1, -0.05) is 38.1 Å². The second-order valence-corrected chi connectivity index (χ2v) is 5.79. The molecule has 1 aromatic rings. The highest BCUT2D eigenvalue weighted by molar-refractivity contribution is 5.25. The SMILES string of the molecule is CCOCC(C)NC(C)c1ccc(CC(C)C)cc1. The van der Waals surface area contributed by atoms with Crippen LogP contribution in [0, 0.1) is 5.92 Å². The summed E-state index contributed by atoms with van der Waals surface area (Å²) >= 11 is 0. The highest BCUT2D eigenvalue weighted by atomic mass is 16.5. The minimum absolute atomic E-state index is 0.364. The quantitative estimate of drug-likeness (QED) is 0.766. The minimum atomic E-state index is 0.364. The summed E-state index contributed by atoms with van der Waals surface area (Å²) in [6, 6.07) is 9.72. The average Bonchev–Trinajstić information content (AvgIpc) is 2.36. The van der Waals surface area contributed by atoms with Crippen molar-refractivity contribution in [2.24, 2.45) is 5.92 Å². The number of ether oxygens (including phenoxy) is 1. The summed E-state index contributed by atoms with van der Waals surface area (Å²) in [4.78, 5) is 0. The van der Waals surface area contributed by atoms with E-state index in [1.165, 1.54) is 11.1 Å². The molecule has 2 heteroatoms. The fourth-order valence-corrected chi connectivity index (χ4v) is 2.28. The van der Waals surface area contributed by atoms with Crippen molar-refractivity contribution in [2.45, 2.75) is 53.1 Å². The maximum Gasteiger partial charge on any atom is 0.0616 e. The Morgan fingerprint density at radius 1 is 1.05 bits per heavy atom. The molecule has 0 aliphatic carbocycles. The van der Waals surface area contributed by atoms with E-state index >= 15 is 0 Å². The molecule has 0 saturated carbocycles. The van der Waals surface area contributed by atoms with Gasteiger partial charge in [0.15, 0.2) is 0 Å². The molecule has 1 aromatic carbocycles. The van der Waals surface area contributed by atoms with Crippen LogP contribution in [0.25, 0.3) is 0 Å². The van der Waals surface area contributed by atoms with Gasteiger partial charge in [-0.3, -0.25) is 0 Å². The first-order valence-electron chi connectivity index (χ1n) is 7.45. The summed E-state index contributed by atoms with van der Waals surface area (Å²) in [6.07, 6.45) is 1.16. The van der Waals surface area contributed by atoms with Gasteiger partial charge in [-0.25, -0.2) is 0 Å². The van der Waals surface area contributed by atoms with E-state index in [4.69, 9.17) is 4.74 Å². The van der Waals surface area contributed by atoms with Crippen LogP contribution in [0.1, 0.15) is 51.8 Å². The molecule has 0 aliphatic rings. The second-order valence-electron chi connectivity index (χ2n) is 5.79. The number of benzene rings is 1. The van der Waals surface area contributed by atoms with Crippen molar-refractivity contribution in [3.05, 3.63) is 35.4 Å². The average molecular weight is 263 g/mol. The van der Waals surface area contributed by atoms with E-state index in [-0.39, 0.29) is 0 Å². The van der Waals surface area contributed by atoms with Crippen LogP contribution in [0.4, 0.5) is 0 Å². The summed E-state index contributed by atoms with van der Waals surface area (Å²) in [5.74, 6) is 0.715. The van der Waals surface area contributed by atoms with E-state index < -0.39 is 0 Å². The predicted octanol–water partition coefficient (Wildman–Crippen LogP) is 3.96. The van der Waals surface area contributed by atoms with Crippen LogP contribution in [0.5, 0.6) is 0 Å². The van der Waals surface area contributed by atoms with Gasteiger partial charge in [0.1, 0.15) is 0 Å². The minimum Gasteiger partial charge on any atom is -0.380 e. The Morgan fingerprint density at radius 2 is 1.68 bits per heavy atom. The monoisotopic (exact) mass is 263 g/mol. The van der Waals surface area contributed by atoms with E-state index in [2.05, 4.69) is 57.3 Å². The number of nitrogens with one attached hydrogen (secondary N) is 1. The zero-order valence-corrected chi connectivity index (χ0v) is 13.1. The third-order valence-electron chi connectivity index (χ3n) is 3.23. The fourth-order valence-electron chi connectivity index (χ4n) is 2.28. The Hall–Kier alpha value is -0.860. The first-order chi connectivity index (χ1) is 9.02. The molecule has 2 unspecified atom stereocenters. The zero-order chi connectivity index (χ0) is 14.3. The smallest absolute Gasteiger partial charge is 0.0616 e. The highest BCUT2D eigenvalue weighted by Crippen LogP contribution is 2.16. The summed E-state index contributed by atoms with van der Waals surface area (Å²) < 4.78 is 5.43. The van der Waals surface area contributed by atoms with Gasteiger partial charge in [-0.15, -0.1) is 0 Å². The molecule has 19 heavy (non-hydrogen) atoms. The van der Waals surface area contributed by atoms with E-state index in [0.717, 1.165) is 19.6 Å². The first-order valence-corrected chi connectivity index (χ1v) is 7.45. The molecule has 0 aromatic heterocycles. The lowest BCUT2D eigenvalue weighted by molar-refractivity contribution is 0.124. The summed E-state index contributed by atoms with van der Waals surface area (Å²) in [5.41, 5.74) is 2.77. The van der Waals surface area contributed by atoms with Crippen LogP contribution in [-0.2, 0) is 11.2 Å². The normalized spacial score (nSPS) is 14.6. The van der Waals surface area contributed by atoms with Crippen LogP contribution in [-0.4, -0.2) is 19.3 Å². The third-order valence-corrected chi connectivity index (χ3v) is 3.23. The molecule has 0 heterocycles. The van der Waals surface area contributed by atoms with Gasteiger partial charge in [-0.05, 0) is 44.2 Å². The van der Waals surface area contributed by atoms with E-state index in [0.29, 0.717) is 18.0 Å². The van der Waals surface area contributed by atoms with Crippen LogP contribution < -0.4 is 5.32 Å². The van der Waals surface area contributed by atoms with Gasteiger partial charge in [0.25, 0.3) is 0 Å². The van der Waals surface area contributed by atoms with Crippen LogP contribution >= 0.6 is 0 Å². The van der Waals surface area contributed by atoms with Gasteiger partial charge in [-0.2, -0.15) is 0 Å². The van der Waals surface area contributed by atoms with Crippen LogP contribution in [0.15, 0.2) is 24.3 Å². The molecule has 1 N–H and O–H groups in total. The molecule has 0 fully saturated rings. The van der Waals surface area contributed by atoms with Crippen LogP contribution in [0.2, 0.25) is 0 Å². The molecule has 0 amide bonds. The Balaban J connectivity index is 2.50. The van der Waals surface area contributed by atoms with Gasteiger partial charge in [0.2, 0.25) is 0 Å². The van der Waals surface area contributed by atoms with Crippen molar-refractivity contribution < 1.29 is 4.74 Å². The Labute approximate surface area is 118 Å². The number of hydrogen-bond donors (Lipinski definition) is 1. The van der Waals surface area contributed by atoms with E-state index in [9.17, 15) is 0 Å². The largest absolute Gasteiger partial charge is 0.380 e. The Morgan fingerprint density at radius 3 is 2.21 bits per heavy atom. The Bertz CT molecular complexity index is 345. The van der Waals surface area contributed by atoms with Crippen LogP contribution in [0.3, 0.4) is 0 Å². The molecule has 0 spiro atoms.